The van der Waals surface area contributed by atoms with Crippen LogP contribution in [0, 0.1) is 0 Å². The Bertz CT molecular complexity index is 3590. The van der Waals surface area contributed by atoms with Crippen molar-refractivity contribution in [3.05, 3.63) is 179 Å². The van der Waals surface area contributed by atoms with Crippen LogP contribution in [-0.2, 0) is 68.7 Å². The molecule has 1 aliphatic heterocycles. The second-order valence-electron chi connectivity index (χ2n) is 22.4. The molecule has 5 aromatic carbocycles. The van der Waals surface area contributed by atoms with Crippen LogP contribution in [0.25, 0.3) is 0 Å². The SMILES string of the molecule is C=CCOC(=O)NCCCCC(NC(=O)[C@H](Cc1ccccc1)NC(=O)[C@@H](Cc1ccccc1)NC(=O)OCC=C)C(=O)Nc1ccc(COC(=O)NC2CC(O[C@H]3C[C@](O)(C(=O)CO)Cc4c(O)c5c(c(O)c43)C(=O)c3c(OC)cccc3C5=O)OC(C)C2O)cc1. The Labute approximate surface area is 534 Å². The van der Waals surface area contributed by atoms with Crippen molar-refractivity contribution in [2.75, 3.05) is 38.8 Å². The summed E-state index contributed by atoms with van der Waals surface area (Å²) < 4.78 is 33.2. The summed E-state index contributed by atoms with van der Waals surface area (Å²) in [6.45, 7) is 7.11. The number of methoxy groups -OCH3 is 1. The molecule has 3 aliphatic rings. The summed E-state index contributed by atoms with van der Waals surface area (Å²) in [6, 6.07) is 23.3. The summed E-state index contributed by atoms with van der Waals surface area (Å²) in [5.74, 6) is -6.49. The molecule has 26 heteroatoms. The molecule has 1 heterocycles. The topological polar surface area (TPSA) is 382 Å². The first-order chi connectivity index (χ1) is 44.7. The highest BCUT2D eigenvalue weighted by Gasteiger charge is 2.50. The van der Waals surface area contributed by atoms with Crippen molar-refractivity contribution in [1.29, 1.82) is 0 Å². The van der Waals surface area contributed by atoms with Gasteiger partial charge < -0.3 is 85.9 Å². The Hall–Kier alpha value is -9.99. The van der Waals surface area contributed by atoms with Gasteiger partial charge in [0.05, 0.1) is 42.0 Å². The number of ether oxygens (including phenoxy) is 6. The standard InChI is InChI=1S/C67H74N6O20/c1-5-28-89-64(84)68-27-14-13-21-44(70-62(82)46(30-38-16-9-7-10-17-38)71-63(83)47(73-65(85)90-29-6-2)31-39-18-11-8-12-19-39)61(81)69-41-25-23-40(24-26-41)36-91-66(86)72-45-32-51(92-37(3)56(45)76)93-49-34-67(87,50(75)35-74)33-43-53(49)60(80)55-54(58(43)78)57(77)42-20-15-22-48(88-4)52(42)59(55)79/h5-12,15-20,22-26,37,44-47,49,51,56,74,76,78,80,87H,1-2,13-14,21,27-36H2,3-4H3,(H,68,84)(H,69,81)(H,70,82)(H,71,83)(H,72,86)(H,73,85)/t37?,44?,45?,46-,47+,49-,51?,56?,67-/m0/s1. The third kappa shape index (κ3) is 17.1. The predicted molar refractivity (Wildman–Crippen MR) is 332 cm³/mol. The fourth-order valence-corrected chi connectivity index (χ4v) is 11.2. The zero-order valence-electron chi connectivity index (χ0n) is 51.1. The molecule has 1 fully saturated rings. The van der Waals surface area contributed by atoms with Gasteiger partial charge in [0, 0.05) is 61.0 Å². The third-order valence-electron chi connectivity index (χ3n) is 15.9. The number of alkyl carbamates (subject to hydrolysis) is 3. The minimum atomic E-state index is -2.43. The number of aliphatic hydroxyl groups excluding tert-OH is 2. The van der Waals surface area contributed by atoms with E-state index >= 15 is 0 Å². The van der Waals surface area contributed by atoms with Gasteiger partial charge in [-0.3, -0.25) is 28.8 Å². The van der Waals surface area contributed by atoms with Crippen LogP contribution in [0.15, 0.2) is 128 Å². The van der Waals surface area contributed by atoms with E-state index < -0.39 is 150 Å². The van der Waals surface area contributed by atoms with Crippen LogP contribution in [0.4, 0.5) is 20.1 Å². The number of hydrogen-bond donors (Lipinski definition) is 11. The first-order valence-corrected chi connectivity index (χ1v) is 30.0. The van der Waals surface area contributed by atoms with Gasteiger partial charge in [0.15, 0.2) is 17.9 Å². The Morgan fingerprint density at radius 1 is 0.699 bits per heavy atom. The van der Waals surface area contributed by atoms with Crippen LogP contribution in [0.2, 0.25) is 0 Å². The summed E-state index contributed by atoms with van der Waals surface area (Å²) >= 11 is 0. The van der Waals surface area contributed by atoms with Gasteiger partial charge in [-0.05, 0) is 61.1 Å². The van der Waals surface area contributed by atoms with Crippen LogP contribution in [0.3, 0.4) is 0 Å². The number of aromatic hydroxyl groups is 2. The van der Waals surface area contributed by atoms with Crippen LogP contribution in [0.1, 0.15) is 105 Å². The number of amides is 6. The maximum atomic E-state index is 14.5. The van der Waals surface area contributed by atoms with Gasteiger partial charge in [0.25, 0.3) is 0 Å². The molecule has 2 aliphatic carbocycles. The molecule has 1 saturated heterocycles. The number of benzene rings is 5. The largest absolute Gasteiger partial charge is 0.507 e. The molecule has 6 amide bonds. The minimum Gasteiger partial charge on any atom is -0.507 e. The van der Waals surface area contributed by atoms with Crippen molar-refractivity contribution in [2.45, 2.75) is 119 Å². The molecule has 0 saturated carbocycles. The van der Waals surface area contributed by atoms with Gasteiger partial charge in [0.1, 0.15) is 73.5 Å². The highest BCUT2D eigenvalue weighted by Crippen LogP contribution is 2.52. The second kappa shape index (κ2) is 31.8. The highest BCUT2D eigenvalue weighted by atomic mass is 16.7. The van der Waals surface area contributed by atoms with Crippen molar-refractivity contribution >= 4 is 59.0 Å². The van der Waals surface area contributed by atoms with Gasteiger partial charge in [0.2, 0.25) is 23.5 Å². The van der Waals surface area contributed by atoms with Crippen LogP contribution in [-0.4, -0.2) is 161 Å². The van der Waals surface area contributed by atoms with Crippen molar-refractivity contribution in [2.24, 2.45) is 0 Å². The number of phenolic OH excluding ortho intramolecular Hbond substituents is 2. The lowest BCUT2D eigenvalue weighted by Gasteiger charge is -2.42. The van der Waals surface area contributed by atoms with Crippen LogP contribution < -0.4 is 36.6 Å². The molecule has 0 spiro atoms. The Morgan fingerprint density at radius 2 is 1.31 bits per heavy atom. The van der Waals surface area contributed by atoms with E-state index in [1.54, 1.807) is 72.8 Å². The lowest BCUT2D eigenvalue weighted by Crippen LogP contribution is -2.57. The van der Waals surface area contributed by atoms with Gasteiger partial charge in [-0.15, -0.1) is 0 Å². The van der Waals surface area contributed by atoms with Gasteiger partial charge in [-0.2, -0.15) is 0 Å². The summed E-state index contributed by atoms with van der Waals surface area (Å²) in [4.78, 5) is 122. The number of aliphatic hydroxyl groups is 3. The number of nitrogens with one attached hydrogen (secondary N) is 6. The number of ketones is 3. The van der Waals surface area contributed by atoms with Crippen molar-refractivity contribution in [3.63, 3.8) is 0 Å². The van der Waals surface area contributed by atoms with E-state index in [2.05, 4.69) is 45.1 Å². The number of phenols is 2. The summed E-state index contributed by atoms with van der Waals surface area (Å²) in [6.07, 6.45) is -6.07. The third-order valence-corrected chi connectivity index (χ3v) is 15.9. The number of hydrogen-bond acceptors (Lipinski definition) is 20. The van der Waals surface area contributed by atoms with Crippen molar-refractivity contribution in [3.8, 4) is 17.2 Å². The smallest absolute Gasteiger partial charge is 0.408 e. The first kappa shape index (κ1) is 68.9. The second-order valence-corrected chi connectivity index (χ2v) is 22.4. The van der Waals surface area contributed by atoms with Crippen molar-refractivity contribution in [1.82, 2.24) is 26.6 Å². The Morgan fingerprint density at radius 3 is 1.94 bits per heavy atom. The zero-order chi connectivity index (χ0) is 66.9. The molecular weight excluding hydrogens is 1210 g/mol. The number of carbonyl (C=O) groups is 9. The van der Waals surface area contributed by atoms with Crippen molar-refractivity contribution < 1.29 is 97.1 Å². The number of unbranched alkanes of at least 4 members (excludes halogenated alkanes) is 1. The van der Waals surface area contributed by atoms with Gasteiger partial charge in [-0.25, -0.2) is 14.4 Å². The maximum Gasteiger partial charge on any atom is 0.408 e. The lowest BCUT2D eigenvalue weighted by atomic mass is 9.72. The average Bonchev–Trinajstić information content (AvgIpc) is 0.726. The molecule has 0 aromatic heterocycles. The minimum absolute atomic E-state index is 0.00340. The fourth-order valence-electron chi connectivity index (χ4n) is 11.2. The molecule has 0 bridgehead atoms. The van der Waals surface area contributed by atoms with E-state index in [0.717, 1.165) is 0 Å². The number of Topliss-reactive ketones (excluding diaryl/α,β-unsaturated/α-hetero) is 1. The molecular formula is C67H74N6O20. The molecule has 0 radical (unpaired) electrons. The average molecular weight is 1280 g/mol. The molecule has 26 nitrogen and oxygen atoms in total. The number of fused-ring (bicyclic) bond motifs is 3. The Balaban J connectivity index is 0.932. The molecule has 9 atom stereocenters. The normalized spacial score (nSPS) is 19.6. The maximum absolute atomic E-state index is 14.5. The van der Waals surface area contributed by atoms with E-state index in [-0.39, 0.29) is 85.7 Å². The van der Waals surface area contributed by atoms with E-state index in [1.807, 2.05) is 0 Å². The van der Waals surface area contributed by atoms with Gasteiger partial charge in [-0.1, -0.05) is 110 Å². The molecule has 11 N–H and O–H groups in total. The molecule has 8 rings (SSSR count). The quantitative estimate of drug-likeness (QED) is 0.0137. The molecule has 5 aromatic rings. The van der Waals surface area contributed by atoms with E-state index in [0.29, 0.717) is 29.5 Å². The predicted octanol–water partition coefficient (Wildman–Crippen LogP) is 4.73. The monoisotopic (exact) mass is 1280 g/mol. The van der Waals surface area contributed by atoms with E-state index in [1.165, 1.54) is 56.5 Å². The molecule has 492 valence electrons. The number of rotatable bonds is 28. The number of carbonyl (C=O) groups excluding carboxylic acids is 9. The lowest BCUT2D eigenvalue weighted by molar-refractivity contribution is -0.249. The van der Waals surface area contributed by atoms with Crippen LogP contribution in [0.5, 0.6) is 17.2 Å². The first-order valence-electron chi connectivity index (χ1n) is 30.0. The Kier molecular flexibility index (Phi) is 23.6. The highest BCUT2D eigenvalue weighted by molar-refractivity contribution is 6.31. The van der Waals surface area contributed by atoms with E-state index in [9.17, 15) is 68.7 Å². The molecule has 93 heavy (non-hydrogen) atoms. The van der Waals surface area contributed by atoms with Gasteiger partial charge >= 0.3 is 18.3 Å². The summed E-state index contributed by atoms with van der Waals surface area (Å²) in [5.41, 5.74) is -2.40. The summed E-state index contributed by atoms with van der Waals surface area (Å²) in [7, 11) is 1.28. The van der Waals surface area contributed by atoms with Crippen LogP contribution >= 0.6 is 0 Å². The zero-order valence-corrected chi connectivity index (χ0v) is 51.1. The van der Waals surface area contributed by atoms with E-state index in [4.69, 9.17) is 28.4 Å². The number of anilines is 1. The molecule has 5 unspecified atom stereocenters. The fraction of sp³-hybridized carbons (Fsp3) is 0.358. The summed E-state index contributed by atoms with van der Waals surface area (Å²) in [5, 5.41) is 72.8.